The molecular formula is C65H122O6. The molecule has 0 rings (SSSR count). The van der Waals surface area contributed by atoms with Crippen molar-refractivity contribution in [1.82, 2.24) is 0 Å². The molecule has 6 nitrogen and oxygen atoms in total. The molecule has 0 N–H and O–H groups in total. The summed E-state index contributed by atoms with van der Waals surface area (Å²) in [6.07, 6.45) is 71.7. The second kappa shape index (κ2) is 60.4. The summed E-state index contributed by atoms with van der Waals surface area (Å²) in [4.78, 5) is 38.3. The highest BCUT2D eigenvalue weighted by molar-refractivity contribution is 5.71. The van der Waals surface area contributed by atoms with Crippen LogP contribution in [0.2, 0.25) is 0 Å². The first-order valence-electron chi connectivity index (χ1n) is 31.8. The van der Waals surface area contributed by atoms with Crippen LogP contribution in [0.1, 0.15) is 355 Å². The summed E-state index contributed by atoms with van der Waals surface area (Å²) >= 11 is 0. The van der Waals surface area contributed by atoms with E-state index >= 15 is 0 Å². The molecule has 0 aliphatic carbocycles. The summed E-state index contributed by atoms with van der Waals surface area (Å²) in [5.74, 6) is -0.841. The minimum Gasteiger partial charge on any atom is -0.462 e. The number of carbonyl (C=O) groups is 3. The van der Waals surface area contributed by atoms with E-state index in [2.05, 4.69) is 45.1 Å². The number of rotatable bonds is 59. The third-order valence-corrected chi connectivity index (χ3v) is 14.5. The Morgan fingerprint density at radius 1 is 0.282 bits per heavy atom. The molecule has 0 heterocycles. The second-order valence-corrected chi connectivity index (χ2v) is 21.7. The topological polar surface area (TPSA) is 78.9 Å². The number of esters is 3. The largest absolute Gasteiger partial charge is 0.462 e. The fourth-order valence-corrected chi connectivity index (χ4v) is 9.65. The lowest BCUT2D eigenvalue weighted by Crippen LogP contribution is -2.30. The van der Waals surface area contributed by atoms with Gasteiger partial charge in [0.25, 0.3) is 0 Å². The van der Waals surface area contributed by atoms with Gasteiger partial charge in [0.1, 0.15) is 13.2 Å². The number of hydrogen-bond donors (Lipinski definition) is 0. The average molecular weight is 1000 g/mol. The van der Waals surface area contributed by atoms with Gasteiger partial charge in [-0.25, -0.2) is 0 Å². The van der Waals surface area contributed by atoms with Gasteiger partial charge in [-0.05, 0) is 51.4 Å². The lowest BCUT2D eigenvalue weighted by atomic mass is 10.0. The van der Waals surface area contributed by atoms with Crippen molar-refractivity contribution in [2.75, 3.05) is 13.2 Å². The Hall–Kier alpha value is -2.11. The van der Waals surface area contributed by atoms with Gasteiger partial charge in [0.05, 0.1) is 0 Å². The minimum absolute atomic E-state index is 0.0661. The van der Waals surface area contributed by atoms with E-state index in [-0.39, 0.29) is 31.1 Å². The van der Waals surface area contributed by atoms with Crippen LogP contribution in [0.5, 0.6) is 0 Å². The van der Waals surface area contributed by atoms with E-state index in [1.54, 1.807) is 0 Å². The molecule has 0 spiro atoms. The van der Waals surface area contributed by atoms with Gasteiger partial charge in [0.15, 0.2) is 6.10 Å². The monoisotopic (exact) mass is 999 g/mol. The zero-order valence-electron chi connectivity index (χ0n) is 48.0. The van der Waals surface area contributed by atoms with Crippen LogP contribution < -0.4 is 0 Å². The second-order valence-electron chi connectivity index (χ2n) is 21.7. The third-order valence-electron chi connectivity index (χ3n) is 14.5. The number of allylic oxidation sites excluding steroid dienone is 4. The van der Waals surface area contributed by atoms with E-state index in [0.717, 1.165) is 64.2 Å². The maximum absolute atomic E-state index is 12.9. The predicted octanol–water partition coefficient (Wildman–Crippen LogP) is 21.4. The van der Waals surface area contributed by atoms with Crippen molar-refractivity contribution in [3.05, 3.63) is 24.3 Å². The molecule has 0 aromatic rings. The molecule has 0 aliphatic rings. The quantitative estimate of drug-likeness (QED) is 0.0261. The van der Waals surface area contributed by atoms with Crippen molar-refractivity contribution < 1.29 is 28.6 Å². The maximum atomic E-state index is 12.9. The number of carbonyl (C=O) groups excluding carboxylic acids is 3. The van der Waals surface area contributed by atoms with Crippen LogP contribution in [0.15, 0.2) is 24.3 Å². The first-order valence-corrected chi connectivity index (χ1v) is 31.8. The summed E-state index contributed by atoms with van der Waals surface area (Å²) in [6.45, 7) is 6.69. The average Bonchev–Trinajstić information content (AvgIpc) is 3.37. The molecule has 1 atom stereocenters. The van der Waals surface area contributed by atoms with Crippen molar-refractivity contribution in [3.63, 3.8) is 0 Å². The standard InChI is InChI=1S/C65H122O6/c1-4-7-10-13-16-19-22-25-28-31-32-35-37-40-43-46-49-52-55-58-64(67)70-61-62(71-65(68)59-56-53-50-47-44-41-38-34-30-27-24-21-18-15-12-9-6-3)60-69-63(66)57-54-51-48-45-42-39-36-33-29-26-23-20-17-14-11-8-5-2/h16,19,25,28,62H,4-15,17-18,20-24,26-27,29-61H2,1-3H3/b19-16-,28-25-/t62-/m0/s1. The van der Waals surface area contributed by atoms with E-state index in [4.69, 9.17) is 14.2 Å². The summed E-state index contributed by atoms with van der Waals surface area (Å²) in [5.41, 5.74) is 0. The van der Waals surface area contributed by atoms with Crippen LogP contribution in [0.25, 0.3) is 0 Å². The molecule has 0 saturated heterocycles. The lowest BCUT2D eigenvalue weighted by Gasteiger charge is -2.18. The third kappa shape index (κ3) is 58.7. The molecule has 0 aromatic carbocycles. The van der Waals surface area contributed by atoms with Crippen LogP contribution in [0.3, 0.4) is 0 Å². The van der Waals surface area contributed by atoms with Crippen LogP contribution in [-0.4, -0.2) is 37.2 Å². The van der Waals surface area contributed by atoms with Gasteiger partial charge >= 0.3 is 17.9 Å². The van der Waals surface area contributed by atoms with Crippen molar-refractivity contribution in [3.8, 4) is 0 Å². The Bertz CT molecular complexity index is 1150. The number of ether oxygens (including phenoxy) is 3. The van der Waals surface area contributed by atoms with Gasteiger partial charge in [-0.1, -0.05) is 308 Å². The van der Waals surface area contributed by atoms with Gasteiger partial charge < -0.3 is 14.2 Å². The number of unbranched alkanes of at least 4 members (excludes halogenated alkanes) is 44. The molecule has 71 heavy (non-hydrogen) atoms. The van der Waals surface area contributed by atoms with Crippen LogP contribution >= 0.6 is 0 Å². The molecule has 0 radical (unpaired) electrons. The van der Waals surface area contributed by atoms with Crippen molar-refractivity contribution in [2.24, 2.45) is 0 Å². The highest BCUT2D eigenvalue weighted by atomic mass is 16.6. The molecule has 6 heteroatoms. The zero-order valence-corrected chi connectivity index (χ0v) is 48.0. The van der Waals surface area contributed by atoms with E-state index in [0.29, 0.717) is 19.3 Å². The van der Waals surface area contributed by atoms with Crippen molar-refractivity contribution in [1.29, 1.82) is 0 Å². The Balaban J connectivity index is 4.31. The number of hydrogen-bond acceptors (Lipinski definition) is 6. The van der Waals surface area contributed by atoms with E-state index in [1.165, 1.54) is 250 Å². The highest BCUT2D eigenvalue weighted by Crippen LogP contribution is 2.18. The molecule has 0 bridgehead atoms. The van der Waals surface area contributed by atoms with Gasteiger partial charge in [-0.15, -0.1) is 0 Å². The fourth-order valence-electron chi connectivity index (χ4n) is 9.65. The summed E-state index contributed by atoms with van der Waals surface area (Å²) < 4.78 is 17.0. The zero-order chi connectivity index (χ0) is 51.4. The smallest absolute Gasteiger partial charge is 0.306 e. The first kappa shape index (κ1) is 68.9. The van der Waals surface area contributed by atoms with Crippen LogP contribution in [-0.2, 0) is 28.6 Å². The van der Waals surface area contributed by atoms with Crippen molar-refractivity contribution in [2.45, 2.75) is 361 Å². The molecule has 0 fully saturated rings. The summed E-state index contributed by atoms with van der Waals surface area (Å²) in [7, 11) is 0. The Morgan fingerprint density at radius 3 is 0.803 bits per heavy atom. The van der Waals surface area contributed by atoms with E-state index < -0.39 is 6.10 Å². The molecule has 0 aliphatic heterocycles. The highest BCUT2D eigenvalue weighted by Gasteiger charge is 2.19. The van der Waals surface area contributed by atoms with Crippen molar-refractivity contribution >= 4 is 17.9 Å². The lowest BCUT2D eigenvalue weighted by molar-refractivity contribution is -0.167. The predicted molar refractivity (Wildman–Crippen MR) is 307 cm³/mol. The SMILES string of the molecule is CCCCC/C=C\C/C=C\CCCCCCCCCCCC(=O)OC[C@H](COC(=O)CCCCCCCCCCCCCCCCCCC)OC(=O)CCCCCCCCCCCCCCCCCCC. The normalized spacial score (nSPS) is 12.1. The van der Waals surface area contributed by atoms with Crippen LogP contribution in [0, 0.1) is 0 Å². The fraction of sp³-hybridized carbons (Fsp3) is 0.892. The van der Waals surface area contributed by atoms with Gasteiger partial charge in [-0.3, -0.25) is 14.4 Å². The summed E-state index contributed by atoms with van der Waals surface area (Å²) in [6, 6.07) is 0. The molecule has 0 aromatic heterocycles. The Morgan fingerprint density at radius 2 is 0.507 bits per heavy atom. The van der Waals surface area contributed by atoms with Gasteiger partial charge in [-0.2, -0.15) is 0 Å². The van der Waals surface area contributed by atoms with E-state index in [9.17, 15) is 14.4 Å². The first-order chi connectivity index (χ1) is 35.0. The van der Waals surface area contributed by atoms with Gasteiger partial charge in [0.2, 0.25) is 0 Å². The van der Waals surface area contributed by atoms with Gasteiger partial charge in [0, 0.05) is 19.3 Å². The van der Waals surface area contributed by atoms with Crippen LogP contribution in [0.4, 0.5) is 0 Å². The molecule has 0 unspecified atom stereocenters. The maximum Gasteiger partial charge on any atom is 0.306 e. The summed E-state index contributed by atoms with van der Waals surface area (Å²) in [5, 5.41) is 0. The Kier molecular flexibility index (Phi) is 58.6. The molecule has 418 valence electrons. The Labute approximate surface area is 443 Å². The molecule has 0 saturated carbocycles. The van der Waals surface area contributed by atoms with E-state index in [1.807, 2.05) is 0 Å². The molecule has 0 amide bonds. The molecular weight excluding hydrogens is 877 g/mol. The minimum atomic E-state index is -0.768.